The van der Waals surface area contributed by atoms with Crippen LogP contribution in [0.15, 0.2) is 54.7 Å². The Balaban J connectivity index is 2.18. The Morgan fingerprint density at radius 2 is 1.84 bits per heavy atom. The zero-order valence-corrected chi connectivity index (χ0v) is 9.86. The van der Waals surface area contributed by atoms with E-state index in [1.807, 2.05) is 30.3 Å². The molecule has 4 nitrogen and oxygen atoms in total. The van der Waals surface area contributed by atoms with Crippen LogP contribution in [-0.2, 0) is 0 Å². The first-order valence-corrected chi connectivity index (χ1v) is 5.71. The van der Waals surface area contributed by atoms with Crippen LogP contribution < -0.4 is 0 Å². The number of aromatic hydroxyl groups is 1. The van der Waals surface area contributed by atoms with Gasteiger partial charge in [0, 0.05) is 5.56 Å². The van der Waals surface area contributed by atoms with E-state index in [9.17, 15) is 9.50 Å². The predicted octanol–water partition coefficient (Wildman–Crippen LogP) is 2.78. The number of nitrogens with zero attached hydrogens (tertiary/aromatic N) is 3. The molecule has 0 atom stereocenters. The van der Waals surface area contributed by atoms with E-state index in [0.29, 0.717) is 11.3 Å². The van der Waals surface area contributed by atoms with Gasteiger partial charge in [0.15, 0.2) is 0 Å². The highest BCUT2D eigenvalue weighted by atomic mass is 19.1. The highest BCUT2D eigenvalue weighted by molar-refractivity contribution is 5.67. The molecule has 5 heteroatoms. The van der Waals surface area contributed by atoms with E-state index in [4.69, 9.17) is 0 Å². The number of aromatic nitrogens is 3. The molecule has 0 aliphatic heterocycles. The number of para-hydroxylation sites is 1. The van der Waals surface area contributed by atoms with Crippen LogP contribution >= 0.6 is 0 Å². The van der Waals surface area contributed by atoms with Crippen molar-refractivity contribution in [3.63, 3.8) is 0 Å². The molecule has 0 saturated heterocycles. The van der Waals surface area contributed by atoms with Crippen molar-refractivity contribution in [1.82, 2.24) is 15.0 Å². The van der Waals surface area contributed by atoms with Crippen LogP contribution in [0.3, 0.4) is 0 Å². The van der Waals surface area contributed by atoms with Gasteiger partial charge < -0.3 is 5.11 Å². The van der Waals surface area contributed by atoms with Crippen LogP contribution in [0.25, 0.3) is 16.9 Å². The Morgan fingerprint density at radius 3 is 2.63 bits per heavy atom. The normalized spacial score (nSPS) is 10.6. The first-order chi connectivity index (χ1) is 9.25. The van der Waals surface area contributed by atoms with Gasteiger partial charge in [0.05, 0.1) is 17.6 Å². The van der Waals surface area contributed by atoms with E-state index in [1.54, 1.807) is 4.68 Å². The molecule has 1 aromatic heterocycles. The lowest BCUT2D eigenvalue weighted by Crippen LogP contribution is -1.99. The highest BCUT2D eigenvalue weighted by Gasteiger charge is 2.13. The first kappa shape index (κ1) is 11.4. The summed E-state index contributed by atoms with van der Waals surface area (Å²) in [6.07, 6.45) is 1.49. The number of benzene rings is 2. The van der Waals surface area contributed by atoms with Gasteiger partial charge >= 0.3 is 0 Å². The quantitative estimate of drug-likeness (QED) is 0.766. The van der Waals surface area contributed by atoms with Gasteiger partial charge in [-0.15, -0.1) is 5.10 Å². The number of phenolic OH excluding ortho intramolecular Hbond substituents is 1. The van der Waals surface area contributed by atoms with E-state index in [0.717, 1.165) is 5.69 Å². The zero-order chi connectivity index (χ0) is 13.2. The van der Waals surface area contributed by atoms with Crippen molar-refractivity contribution in [2.75, 3.05) is 0 Å². The Bertz CT molecular complexity index is 710. The molecular formula is C14H10FN3O. The molecule has 0 bridgehead atoms. The number of rotatable bonds is 2. The van der Waals surface area contributed by atoms with Gasteiger partial charge in [-0.05, 0) is 30.3 Å². The van der Waals surface area contributed by atoms with E-state index < -0.39 is 5.82 Å². The number of hydrogen-bond acceptors (Lipinski definition) is 3. The molecule has 0 spiro atoms. The molecule has 0 unspecified atom stereocenters. The van der Waals surface area contributed by atoms with Crippen LogP contribution in [0, 0.1) is 5.82 Å². The van der Waals surface area contributed by atoms with Gasteiger partial charge in [-0.25, -0.2) is 9.07 Å². The Hall–Kier alpha value is -2.69. The van der Waals surface area contributed by atoms with Crippen molar-refractivity contribution >= 4 is 0 Å². The summed E-state index contributed by atoms with van der Waals surface area (Å²) < 4.78 is 14.9. The molecule has 3 aromatic rings. The summed E-state index contributed by atoms with van der Waals surface area (Å²) in [6.45, 7) is 0. The molecule has 2 aromatic carbocycles. The Kier molecular flexibility index (Phi) is 2.72. The largest absolute Gasteiger partial charge is 0.507 e. The van der Waals surface area contributed by atoms with Crippen molar-refractivity contribution in [2.45, 2.75) is 0 Å². The lowest BCUT2D eigenvalue weighted by atomic mass is 10.1. The van der Waals surface area contributed by atoms with Crippen LogP contribution in [0.1, 0.15) is 0 Å². The van der Waals surface area contributed by atoms with Gasteiger partial charge in [0.2, 0.25) is 0 Å². The fraction of sp³-hybridized carbons (Fsp3) is 0. The van der Waals surface area contributed by atoms with Crippen LogP contribution in [0.4, 0.5) is 4.39 Å². The van der Waals surface area contributed by atoms with Gasteiger partial charge in [-0.1, -0.05) is 23.4 Å². The van der Waals surface area contributed by atoms with E-state index in [-0.39, 0.29) is 5.75 Å². The van der Waals surface area contributed by atoms with E-state index >= 15 is 0 Å². The predicted molar refractivity (Wildman–Crippen MR) is 68.4 cm³/mol. The molecule has 0 fully saturated rings. The lowest BCUT2D eigenvalue weighted by Gasteiger charge is -2.07. The Labute approximate surface area is 108 Å². The third-order valence-electron chi connectivity index (χ3n) is 2.78. The highest BCUT2D eigenvalue weighted by Crippen LogP contribution is 2.30. The second kappa shape index (κ2) is 4.53. The first-order valence-electron chi connectivity index (χ1n) is 5.71. The van der Waals surface area contributed by atoms with Crippen LogP contribution in [0.5, 0.6) is 5.75 Å². The molecular weight excluding hydrogens is 245 g/mol. The molecule has 1 N–H and O–H groups in total. The molecule has 94 valence electrons. The topological polar surface area (TPSA) is 50.9 Å². The summed E-state index contributed by atoms with van der Waals surface area (Å²) in [4.78, 5) is 0. The number of hydrogen-bond donors (Lipinski definition) is 1. The van der Waals surface area contributed by atoms with Crippen molar-refractivity contribution in [3.05, 3.63) is 60.5 Å². The smallest absolute Gasteiger partial charge is 0.125 e. The summed E-state index contributed by atoms with van der Waals surface area (Å²) in [5.41, 5.74) is 1.68. The minimum atomic E-state index is -0.423. The maximum absolute atomic E-state index is 13.3. The average Bonchev–Trinajstić information content (AvgIpc) is 2.91. The number of halogens is 1. The SMILES string of the molecule is Oc1ccc(F)cc1-c1cnnn1-c1ccccc1. The summed E-state index contributed by atoms with van der Waals surface area (Å²) in [5.74, 6) is -0.436. The van der Waals surface area contributed by atoms with Gasteiger partial charge in [-0.2, -0.15) is 0 Å². The molecule has 1 heterocycles. The molecule has 0 aliphatic carbocycles. The third kappa shape index (κ3) is 2.06. The monoisotopic (exact) mass is 255 g/mol. The lowest BCUT2D eigenvalue weighted by molar-refractivity contribution is 0.474. The van der Waals surface area contributed by atoms with Crippen LogP contribution in [0.2, 0.25) is 0 Å². The minimum Gasteiger partial charge on any atom is -0.507 e. The summed E-state index contributed by atoms with van der Waals surface area (Å²) >= 11 is 0. The molecule has 0 amide bonds. The number of phenols is 1. The maximum atomic E-state index is 13.3. The summed E-state index contributed by atoms with van der Waals surface area (Å²) in [7, 11) is 0. The summed E-state index contributed by atoms with van der Waals surface area (Å²) in [6, 6.07) is 13.1. The second-order valence-electron chi connectivity index (χ2n) is 4.03. The van der Waals surface area contributed by atoms with E-state index in [2.05, 4.69) is 10.3 Å². The average molecular weight is 255 g/mol. The molecule has 3 rings (SSSR count). The third-order valence-corrected chi connectivity index (χ3v) is 2.78. The van der Waals surface area contributed by atoms with Gasteiger partial charge in [0.25, 0.3) is 0 Å². The second-order valence-corrected chi connectivity index (χ2v) is 4.03. The zero-order valence-electron chi connectivity index (χ0n) is 9.86. The fourth-order valence-electron chi connectivity index (χ4n) is 1.89. The standard InChI is InChI=1S/C14H10FN3O/c15-10-6-7-14(19)12(8-10)13-9-16-17-18(13)11-4-2-1-3-5-11/h1-9,19H. The van der Waals surface area contributed by atoms with Gasteiger partial charge in [0.1, 0.15) is 11.6 Å². The molecule has 0 radical (unpaired) electrons. The van der Waals surface area contributed by atoms with Crippen molar-refractivity contribution in [1.29, 1.82) is 0 Å². The Morgan fingerprint density at radius 1 is 1.05 bits per heavy atom. The molecule has 0 saturated carbocycles. The van der Waals surface area contributed by atoms with Crippen molar-refractivity contribution < 1.29 is 9.50 Å². The van der Waals surface area contributed by atoms with Crippen molar-refractivity contribution in [2.24, 2.45) is 0 Å². The van der Waals surface area contributed by atoms with Crippen LogP contribution in [-0.4, -0.2) is 20.1 Å². The molecule has 19 heavy (non-hydrogen) atoms. The van der Waals surface area contributed by atoms with Crippen molar-refractivity contribution in [3.8, 4) is 22.7 Å². The molecule has 0 aliphatic rings. The fourth-order valence-corrected chi connectivity index (χ4v) is 1.89. The van der Waals surface area contributed by atoms with Gasteiger partial charge in [-0.3, -0.25) is 0 Å². The minimum absolute atomic E-state index is 0.0131. The maximum Gasteiger partial charge on any atom is 0.125 e. The van der Waals surface area contributed by atoms with E-state index in [1.165, 1.54) is 24.4 Å². The summed E-state index contributed by atoms with van der Waals surface area (Å²) in [5, 5.41) is 17.6.